The molecule has 1 aliphatic heterocycles. The van der Waals surface area contributed by atoms with Gasteiger partial charge in [0.05, 0.1) is 17.2 Å². The topological polar surface area (TPSA) is 58.9 Å². The molecule has 0 fully saturated rings. The number of para-hydroxylation sites is 1. The first-order valence-corrected chi connectivity index (χ1v) is 9.06. The minimum Gasteiger partial charge on any atom is -0.506 e. The van der Waals surface area contributed by atoms with Gasteiger partial charge in [0.15, 0.2) is 0 Å². The third-order valence-electron chi connectivity index (χ3n) is 3.17. The molecule has 0 unspecified atom stereocenters. The van der Waals surface area contributed by atoms with Crippen LogP contribution in [0.1, 0.15) is 11.8 Å². The van der Waals surface area contributed by atoms with E-state index >= 15 is 0 Å². The van der Waals surface area contributed by atoms with E-state index in [0.29, 0.717) is 15.6 Å². The average Bonchev–Trinajstić information content (AvgIpc) is 3.18. The van der Waals surface area contributed by atoms with E-state index in [1.807, 2.05) is 53.9 Å². The van der Waals surface area contributed by atoms with Crippen LogP contribution < -0.4 is 0 Å². The summed E-state index contributed by atoms with van der Waals surface area (Å²) in [7, 11) is 0. The Morgan fingerprint density at radius 1 is 1.25 bits per heavy atom. The predicted octanol–water partition coefficient (Wildman–Crippen LogP) is 4.94. The number of hydrogen-bond acceptors (Lipinski definition) is 6. The van der Waals surface area contributed by atoms with Gasteiger partial charge in [-0.1, -0.05) is 36.0 Å². The molecule has 6 heteroatoms. The highest BCUT2D eigenvalue weighted by Gasteiger charge is 2.33. The molecule has 1 N–H and O–H groups in total. The Kier molecular flexibility index (Phi) is 5.17. The zero-order chi connectivity index (χ0) is 16.9. The van der Waals surface area contributed by atoms with Crippen molar-refractivity contribution in [3.63, 3.8) is 0 Å². The van der Waals surface area contributed by atoms with Crippen LogP contribution in [0, 0.1) is 0 Å². The van der Waals surface area contributed by atoms with Crippen LogP contribution >= 0.6 is 23.1 Å². The van der Waals surface area contributed by atoms with Crippen LogP contribution in [-0.4, -0.2) is 22.7 Å². The van der Waals surface area contributed by atoms with E-state index in [-0.39, 0.29) is 17.9 Å². The second kappa shape index (κ2) is 7.51. The maximum Gasteiger partial charge on any atom is 0.344 e. The lowest BCUT2D eigenvalue weighted by atomic mass is 10.2. The number of nitrogens with zero attached hydrogens (tertiary/aromatic N) is 1. The smallest absolute Gasteiger partial charge is 0.344 e. The van der Waals surface area contributed by atoms with Gasteiger partial charge in [-0.2, -0.15) is 0 Å². The van der Waals surface area contributed by atoms with Gasteiger partial charge in [0.2, 0.25) is 0 Å². The lowest BCUT2D eigenvalue weighted by Gasteiger charge is -2.03. The summed E-state index contributed by atoms with van der Waals surface area (Å²) >= 11 is 2.82. The number of carbonyl (C=O) groups excluding carboxylic acids is 1. The van der Waals surface area contributed by atoms with Crippen molar-refractivity contribution in [1.82, 2.24) is 0 Å². The number of aliphatic imine (C=N–C) groups is 1. The maximum absolute atomic E-state index is 12.2. The van der Waals surface area contributed by atoms with E-state index in [4.69, 9.17) is 4.74 Å². The molecule has 0 aliphatic carbocycles. The molecule has 0 radical (unpaired) electrons. The predicted molar refractivity (Wildman–Crippen MR) is 99.7 cm³/mol. The number of aliphatic hydroxyl groups is 1. The van der Waals surface area contributed by atoms with Crippen LogP contribution in [0.4, 0.5) is 5.69 Å². The number of aliphatic hydroxyl groups excluding tert-OH is 1. The summed E-state index contributed by atoms with van der Waals surface area (Å²) in [5.74, 6) is -0.645. The quantitative estimate of drug-likeness (QED) is 0.787. The number of carbonyl (C=O) groups is 1. The number of thiophene rings is 1. The van der Waals surface area contributed by atoms with Gasteiger partial charge in [0, 0.05) is 4.88 Å². The molecule has 24 heavy (non-hydrogen) atoms. The van der Waals surface area contributed by atoms with Gasteiger partial charge < -0.3 is 9.84 Å². The Morgan fingerprint density at radius 3 is 2.71 bits per heavy atom. The summed E-state index contributed by atoms with van der Waals surface area (Å²) in [6, 6.07) is 13.2. The van der Waals surface area contributed by atoms with Crippen molar-refractivity contribution in [2.24, 2.45) is 4.99 Å². The molecule has 0 amide bonds. The Hall–Kier alpha value is -2.31. The van der Waals surface area contributed by atoms with E-state index in [1.165, 1.54) is 11.8 Å². The molecule has 2 heterocycles. The average molecular weight is 357 g/mol. The molecule has 0 saturated heterocycles. The minimum atomic E-state index is -0.563. The van der Waals surface area contributed by atoms with Gasteiger partial charge in [0.25, 0.3) is 0 Å². The summed E-state index contributed by atoms with van der Waals surface area (Å²) in [4.78, 5) is 18.3. The highest BCUT2D eigenvalue weighted by atomic mass is 32.2. The Bertz CT molecular complexity index is 821. The molecule has 3 rings (SSSR count). The van der Waals surface area contributed by atoms with E-state index in [9.17, 15) is 9.90 Å². The fraction of sp³-hybridized carbons (Fsp3) is 0.111. The normalized spacial score (nSPS) is 17.7. The maximum atomic E-state index is 12.2. The van der Waals surface area contributed by atoms with Crippen molar-refractivity contribution in [1.29, 1.82) is 0 Å². The fourth-order valence-corrected chi connectivity index (χ4v) is 3.87. The SMILES string of the molecule is CCOC(=O)C1=C(O)C(=Cc2cccs2)SC1=Nc1ccccc1. The molecule has 0 saturated carbocycles. The van der Waals surface area contributed by atoms with Crippen LogP contribution in [0.25, 0.3) is 6.08 Å². The van der Waals surface area contributed by atoms with Crippen LogP contribution in [0.5, 0.6) is 0 Å². The lowest BCUT2D eigenvalue weighted by molar-refractivity contribution is -0.138. The molecule has 4 nitrogen and oxygen atoms in total. The number of thioether (sulfide) groups is 1. The van der Waals surface area contributed by atoms with Crippen LogP contribution in [0.2, 0.25) is 0 Å². The van der Waals surface area contributed by atoms with Crippen LogP contribution in [0.3, 0.4) is 0 Å². The molecule has 122 valence electrons. The van der Waals surface area contributed by atoms with Crippen molar-refractivity contribution in [3.05, 3.63) is 69.0 Å². The van der Waals surface area contributed by atoms with Gasteiger partial charge >= 0.3 is 5.97 Å². The van der Waals surface area contributed by atoms with Gasteiger partial charge in [-0.05, 0) is 36.6 Å². The summed E-state index contributed by atoms with van der Waals surface area (Å²) in [6.07, 6.45) is 1.84. The van der Waals surface area contributed by atoms with Gasteiger partial charge in [-0.15, -0.1) is 11.3 Å². The second-order valence-corrected chi connectivity index (χ2v) is 6.83. The van der Waals surface area contributed by atoms with Crippen molar-refractivity contribution < 1.29 is 14.6 Å². The van der Waals surface area contributed by atoms with E-state index in [1.54, 1.807) is 18.3 Å². The molecule has 1 aromatic carbocycles. The van der Waals surface area contributed by atoms with E-state index in [0.717, 1.165) is 4.88 Å². The second-order valence-electron chi connectivity index (χ2n) is 4.82. The van der Waals surface area contributed by atoms with E-state index in [2.05, 4.69) is 4.99 Å². The standard InChI is InChI=1S/C18H15NO3S2/c1-2-22-18(21)15-16(20)14(11-13-9-6-10-23-13)24-17(15)19-12-7-4-3-5-8-12/h3-11,20H,2H2,1H3. The molecular weight excluding hydrogens is 342 g/mol. The molecule has 2 aromatic rings. The largest absolute Gasteiger partial charge is 0.506 e. The molecule has 0 atom stereocenters. The highest BCUT2D eigenvalue weighted by Crippen LogP contribution is 2.40. The first kappa shape index (κ1) is 16.5. The first-order chi connectivity index (χ1) is 11.7. The zero-order valence-electron chi connectivity index (χ0n) is 12.9. The summed E-state index contributed by atoms with van der Waals surface area (Å²) in [6.45, 7) is 1.97. The van der Waals surface area contributed by atoms with Crippen molar-refractivity contribution in [2.45, 2.75) is 6.92 Å². The van der Waals surface area contributed by atoms with E-state index < -0.39 is 5.97 Å². The Balaban J connectivity index is 2.02. The highest BCUT2D eigenvalue weighted by molar-refractivity contribution is 8.18. The van der Waals surface area contributed by atoms with Crippen LogP contribution in [0.15, 0.2) is 69.1 Å². The van der Waals surface area contributed by atoms with Crippen molar-refractivity contribution in [3.8, 4) is 0 Å². The first-order valence-electron chi connectivity index (χ1n) is 7.37. The van der Waals surface area contributed by atoms with Gasteiger partial charge in [-0.25, -0.2) is 9.79 Å². The summed E-state index contributed by atoms with van der Waals surface area (Å²) in [5, 5.41) is 12.9. The molecule has 0 spiro atoms. The molecule has 1 aliphatic rings. The number of ether oxygens (including phenoxy) is 1. The summed E-state index contributed by atoms with van der Waals surface area (Å²) in [5.41, 5.74) is 0.834. The van der Waals surface area contributed by atoms with Crippen molar-refractivity contribution in [2.75, 3.05) is 6.61 Å². The van der Waals surface area contributed by atoms with Crippen molar-refractivity contribution >= 4 is 45.9 Å². The molecule has 1 aromatic heterocycles. The van der Waals surface area contributed by atoms with Gasteiger partial charge in [-0.3, -0.25) is 0 Å². The molecular formula is C18H15NO3S2. The summed E-state index contributed by atoms with van der Waals surface area (Å²) < 4.78 is 5.07. The lowest BCUT2D eigenvalue weighted by Crippen LogP contribution is -2.12. The third kappa shape index (κ3) is 3.60. The number of rotatable bonds is 4. The minimum absolute atomic E-state index is 0.0819. The molecule has 0 bridgehead atoms. The zero-order valence-corrected chi connectivity index (χ0v) is 14.6. The van der Waals surface area contributed by atoms with Gasteiger partial charge in [0.1, 0.15) is 16.4 Å². The Morgan fingerprint density at radius 2 is 2.04 bits per heavy atom. The Labute approximate surface area is 148 Å². The monoisotopic (exact) mass is 357 g/mol. The number of benzene rings is 1. The number of esters is 1. The fourth-order valence-electron chi connectivity index (χ4n) is 2.11. The third-order valence-corrected chi connectivity index (χ3v) is 5.01. The van der Waals surface area contributed by atoms with Crippen LogP contribution in [-0.2, 0) is 9.53 Å². The number of hydrogen-bond donors (Lipinski definition) is 1.